The smallest absolute Gasteiger partial charge is 0.0744 e. The second kappa shape index (κ2) is 3.75. The molecule has 0 amide bonds. The topological polar surface area (TPSA) is 12.4 Å². The average Bonchev–Trinajstić information content (AvgIpc) is 1.59. The van der Waals surface area contributed by atoms with Crippen LogP contribution in [0.15, 0.2) is 4.74 Å². The van der Waals surface area contributed by atoms with Crippen molar-refractivity contribution in [3.63, 3.8) is 0 Å². The highest BCUT2D eigenvalue weighted by Gasteiger charge is 2.12. The molecule has 0 aromatic heterocycles. The molecule has 0 heterocycles. The molecular formula is C5H11Cl2NP+. The molecule has 0 radical (unpaired) electrons. The van der Waals surface area contributed by atoms with Crippen LogP contribution in [0.25, 0.3) is 0 Å². The second-order valence-corrected chi connectivity index (χ2v) is 6.23. The fourth-order valence-electron chi connectivity index (χ4n) is 0.266. The molecule has 0 spiro atoms. The Kier molecular flexibility index (Phi) is 4.04. The van der Waals surface area contributed by atoms with E-state index in [2.05, 4.69) is 25.5 Å². The molecule has 0 atom stereocenters. The van der Waals surface area contributed by atoms with E-state index in [1.807, 2.05) is 0 Å². The lowest BCUT2D eigenvalue weighted by Gasteiger charge is -2.10. The first kappa shape index (κ1) is 9.68. The van der Waals surface area contributed by atoms with E-state index in [1.165, 1.54) is 0 Å². The Balaban J connectivity index is 3.64. The third kappa shape index (κ3) is 8.68. The van der Waals surface area contributed by atoms with Crippen LogP contribution in [0.5, 0.6) is 0 Å². The zero-order valence-corrected chi connectivity index (χ0v) is 8.26. The van der Waals surface area contributed by atoms with E-state index >= 15 is 0 Å². The van der Waals surface area contributed by atoms with Crippen LogP contribution in [0.2, 0.25) is 0 Å². The van der Waals surface area contributed by atoms with Crippen molar-refractivity contribution in [2.75, 3.05) is 6.54 Å². The Labute approximate surface area is 66.8 Å². The monoisotopic (exact) mass is 186 g/mol. The summed E-state index contributed by atoms with van der Waals surface area (Å²) in [6.45, 7) is 7.04. The third-order valence-corrected chi connectivity index (χ3v) is 1.65. The molecule has 1 nitrogen and oxygen atoms in total. The summed E-state index contributed by atoms with van der Waals surface area (Å²) in [5, 5.41) is 0. The summed E-state index contributed by atoms with van der Waals surface area (Å²) in [6, 6.07) is 0. The molecule has 0 fully saturated rings. The molecule has 0 N–H and O–H groups in total. The van der Waals surface area contributed by atoms with Crippen molar-refractivity contribution in [1.82, 2.24) is 0 Å². The first-order chi connectivity index (χ1) is 3.92. The molecule has 0 aliphatic rings. The zero-order chi connectivity index (χ0) is 7.49. The molecule has 0 aliphatic carbocycles. The summed E-state index contributed by atoms with van der Waals surface area (Å²) in [5.41, 5.74) is 0.213. The lowest BCUT2D eigenvalue weighted by atomic mass is 9.98. The summed E-state index contributed by atoms with van der Waals surface area (Å²) in [6.07, 6.45) is -1.10. The van der Waals surface area contributed by atoms with Crippen molar-refractivity contribution in [2.45, 2.75) is 20.8 Å². The van der Waals surface area contributed by atoms with Crippen LogP contribution in [0.1, 0.15) is 20.8 Å². The highest BCUT2D eigenvalue weighted by Crippen LogP contribution is 2.37. The predicted octanol–water partition coefficient (Wildman–Crippen LogP) is 4.01. The predicted molar refractivity (Wildman–Crippen MR) is 45.4 cm³/mol. The van der Waals surface area contributed by atoms with Crippen LogP contribution in [0.4, 0.5) is 0 Å². The number of nitrogens with zero attached hydrogens (tertiary/aromatic N) is 1. The van der Waals surface area contributed by atoms with Crippen molar-refractivity contribution in [3.8, 4) is 0 Å². The Morgan fingerprint density at radius 3 is 1.89 bits per heavy atom. The summed E-state index contributed by atoms with van der Waals surface area (Å²) >= 11 is 10.9. The molecular weight excluding hydrogens is 176 g/mol. The van der Waals surface area contributed by atoms with E-state index in [4.69, 9.17) is 22.5 Å². The van der Waals surface area contributed by atoms with Crippen molar-refractivity contribution < 1.29 is 0 Å². The molecule has 0 aromatic carbocycles. The van der Waals surface area contributed by atoms with Gasteiger partial charge in [0.1, 0.15) is 0 Å². The molecule has 0 aliphatic heterocycles. The highest BCUT2D eigenvalue weighted by atomic mass is 35.9. The maximum Gasteiger partial charge on any atom is 0.438 e. The molecule has 0 saturated heterocycles. The Morgan fingerprint density at radius 2 is 1.78 bits per heavy atom. The van der Waals surface area contributed by atoms with Crippen molar-refractivity contribution in [2.24, 2.45) is 10.2 Å². The van der Waals surface area contributed by atoms with Crippen molar-refractivity contribution >= 4 is 28.9 Å². The molecule has 0 aromatic rings. The van der Waals surface area contributed by atoms with Crippen LogP contribution in [0.3, 0.4) is 0 Å². The quantitative estimate of drug-likeness (QED) is 0.550. The number of hydrogen-bond acceptors (Lipinski definition) is 1. The van der Waals surface area contributed by atoms with E-state index < -0.39 is 6.42 Å². The van der Waals surface area contributed by atoms with Gasteiger partial charge in [0.15, 0.2) is 0 Å². The summed E-state index contributed by atoms with van der Waals surface area (Å²) in [4.78, 5) is 0. The van der Waals surface area contributed by atoms with Gasteiger partial charge in [-0.25, -0.2) is 0 Å². The van der Waals surface area contributed by atoms with Crippen molar-refractivity contribution in [3.05, 3.63) is 0 Å². The lowest BCUT2D eigenvalue weighted by Crippen LogP contribution is -2.07. The highest BCUT2D eigenvalue weighted by molar-refractivity contribution is 7.96. The minimum Gasteiger partial charge on any atom is -0.0744 e. The average molecular weight is 187 g/mol. The molecule has 0 bridgehead atoms. The van der Waals surface area contributed by atoms with Gasteiger partial charge in [-0.3, -0.25) is 0 Å². The molecule has 54 valence electrons. The van der Waals surface area contributed by atoms with Gasteiger partial charge in [0.05, 0.1) is 6.54 Å². The lowest BCUT2D eigenvalue weighted by molar-refractivity contribution is 0.432. The molecule has 0 unspecified atom stereocenters. The van der Waals surface area contributed by atoms with Gasteiger partial charge in [0.2, 0.25) is 22.5 Å². The minimum absolute atomic E-state index is 0.213. The maximum atomic E-state index is 5.45. The first-order valence-corrected chi connectivity index (χ1v) is 5.81. The zero-order valence-electron chi connectivity index (χ0n) is 5.86. The third-order valence-electron chi connectivity index (χ3n) is 0.652. The van der Waals surface area contributed by atoms with Crippen LogP contribution >= 0.6 is 28.9 Å². The molecule has 4 heteroatoms. The standard InChI is InChI=1S/C5H11Cl2NP/c1-5(2,3)4-8-9(6)7/h4H2,1-3H3/q+1. The van der Waals surface area contributed by atoms with Gasteiger partial charge in [0.25, 0.3) is 0 Å². The van der Waals surface area contributed by atoms with E-state index in [1.54, 1.807) is 0 Å². The van der Waals surface area contributed by atoms with E-state index in [9.17, 15) is 0 Å². The summed E-state index contributed by atoms with van der Waals surface area (Å²) in [7, 11) is 0. The van der Waals surface area contributed by atoms with Crippen LogP contribution in [-0.2, 0) is 0 Å². The van der Waals surface area contributed by atoms with E-state index in [-0.39, 0.29) is 5.41 Å². The van der Waals surface area contributed by atoms with Gasteiger partial charge in [0, 0.05) is 0 Å². The van der Waals surface area contributed by atoms with Crippen molar-refractivity contribution in [1.29, 1.82) is 0 Å². The summed E-state index contributed by atoms with van der Waals surface area (Å²) in [5.74, 6) is 0. The van der Waals surface area contributed by atoms with Gasteiger partial charge in [-0.1, -0.05) is 25.5 Å². The fraction of sp³-hybridized carbons (Fsp3) is 1.00. The van der Waals surface area contributed by atoms with Gasteiger partial charge in [-0.15, -0.1) is 0 Å². The van der Waals surface area contributed by atoms with Gasteiger partial charge in [-0.2, -0.15) is 0 Å². The SMILES string of the molecule is CC(C)(C)CN=[P+](Cl)Cl. The maximum absolute atomic E-state index is 5.45. The minimum atomic E-state index is -1.10. The first-order valence-electron chi connectivity index (χ1n) is 2.71. The number of rotatable bonds is 1. The van der Waals surface area contributed by atoms with Gasteiger partial charge in [-0.05, 0) is 5.41 Å². The van der Waals surface area contributed by atoms with E-state index in [0.29, 0.717) is 0 Å². The Hall–Kier alpha value is 0.680. The normalized spacial score (nSPS) is 11.2. The number of hydrogen-bond donors (Lipinski definition) is 0. The van der Waals surface area contributed by atoms with Gasteiger partial charge >= 0.3 is 6.42 Å². The fourth-order valence-corrected chi connectivity index (χ4v) is 1.12. The van der Waals surface area contributed by atoms with E-state index in [0.717, 1.165) is 6.54 Å². The molecule has 9 heavy (non-hydrogen) atoms. The molecule has 0 saturated carbocycles. The molecule has 0 rings (SSSR count). The Morgan fingerprint density at radius 1 is 1.33 bits per heavy atom. The summed E-state index contributed by atoms with van der Waals surface area (Å²) < 4.78 is 3.99. The van der Waals surface area contributed by atoms with Crippen LogP contribution in [-0.4, -0.2) is 6.54 Å². The second-order valence-electron chi connectivity index (χ2n) is 3.08. The van der Waals surface area contributed by atoms with Crippen LogP contribution in [0, 0.1) is 5.41 Å². The largest absolute Gasteiger partial charge is 0.438 e. The van der Waals surface area contributed by atoms with Gasteiger partial charge < -0.3 is 0 Å². The Bertz CT molecular complexity index is 113. The van der Waals surface area contributed by atoms with Crippen LogP contribution < -0.4 is 0 Å². The number of halogens is 2.